The van der Waals surface area contributed by atoms with Gasteiger partial charge >= 0.3 is 0 Å². The summed E-state index contributed by atoms with van der Waals surface area (Å²) in [5.41, 5.74) is 8.60. The maximum Gasteiger partial charge on any atom is 0.0939 e. The highest BCUT2D eigenvalue weighted by Gasteiger charge is 2.42. The van der Waals surface area contributed by atoms with E-state index in [4.69, 9.17) is 5.73 Å². The van der Waals surface area contributed by atoms with E-state index in [1.807, 2.05) is 12.1 Å². The van der Waals surface area contributed by atoms with Crippen molar-refractivity contribution in [2.45, 2.75) is 32.3 Å². The highest BCUT2D eigenvalue weighted by molar-refractivity contribution is 5.43. The lowest BCUT2D eigenvalue weighted by Crippen LogP contribution is -2.32. The Balaban J connectivity index is 2.50. The van der Waals surface area contributed by atoms with E-state index in [2.05, 4.69) is 19.9 Å². The number of rotatable bonds is 2. The summed E-state index contributed by atoms with van der Waals surface area (Å²) in [4.78, 5) is 0. The van der Waals surface area contributed by atoms with Gasteiger partial charge in [0, 0.05) is 0 Å². The second-order valence-electron chi connectivity index (χ2n) is 4.67. The Morgan fingerprint density at radius 1 is 1.53 bits per heavy atom. The lowest BCUT2D eigenvalue weighted by molar-refractivity contribution is -0.0101. The fourth-order valence-electron chi connectivity index (χ4n) is 2.72. The minimum absolute atomic E-state index is 0.275. The molecule has 3 N–H and O–H groups in total. The Morgan fingerprint density at radius 3 is 2.93 bits per heavy atom. The van der Waals surface area contributed by atoms with Crippen molar-refractivity contribution in [2.75, 3.05) is 6.54 Å². The molecule has 0 saturated carbocycles. The topological polar surface area (TPSA) is 46.2 Å². The Labute approximate surface area is 91.1 Å². The largest absolute Gasteiger partial charge is 0.385 e. The molecule has 1 aliphatic rings. The van der Waals surface area contributed by atoms with Gasteiger partial charge in [-0.2, -0.15) is 0 Å². The van der Waals surface area contributed by atoms with Gasteiger partial charge in [0.15, 0.2) is 0 Å². The van der Waals surface area contributed by atoms with Crippen LogP contribution in [0.3, 0.4) is 0 Å². The van der Waals surface area contributed by atoms with Crippen LogP contribution in [-0.4, -0.2) is 11.7 Å². The Bertz CT molecular complexity index is 375. The zero-order valence-corrected chi connectivity index (χ0v) is 9.46. The summed E-state index contributed by atoms with van der Waals surface area (Å²) in [6, 6.07) is 6.18. The molecule has 0 heterocycles. The number of benzene rings is 1. The molecule has 82 valence electrons. The Morgan fingerprint density at radius 2 is 2.27 bits per heavy atom. The minimum Gasteiger partial charge on any atom is -0.385 e. The molecule has 2 heteroatoms. The van der Waals surface area contributed by atoms with Crippen LogP contribution in [-0.2, 0) is 12.0 Å². The summed E-state index contributed by atoms with van der Waals surface area (Å²) in [7, 11) is 0. The standard InChI is InChI=1S/C13H19NO/c1-9-4-3-5-12-11(9)8-10(2)13(12,15)6-7-14/h3-5,10,15H,6-8,14H2,1-2H3. The van der Waals surface area contributed by atoms with Crippen molar-refractivity contribution in [1.29, 1.82) is 0 Å². The van der Waals surface area contributed by atoms with E-state index in [-0.39, 0.29) is 5.92 Å². The van der Waals surface area contributed by atoms with Gasteiger partial charge in [-0.15, -0.1) is 0 Å². The van der Waals surface area contributed by atoms with Gasteiger partial charge in [0.25, 0.3) is 0 Å². The molecule has 0 spiro atoms. The van der Waals surface area contributed by atoms with Crippen LogP contribution in [0.1, 0.15) is 30.0 Å². The van der Waals surface area contributed by atoms with Crippen molar-refractivity contribution in [1.82, 2.24) is 0 Å². The number of hydrogen-bond donors (Lipinski definition) is 2. The van der Waals surface area contributed by atoms with Gasteiger partial charge < -0.3 is 10.8 Å². The molecule has 1 aromatic rings. The molecule has 15 heavy (non-hydrogen) atoms. The van der Waals surface area contributed by atoms with Crippen LogP contribution < -0.4 is 5.73 Å². The summed E-state index contributed by atoms with van der Waals surface area (Å²) in [5, 5.41) is 10.7. The third-order valence-corrected chi connectivity index (χ3v) is 3.73. The summed E-state index contributed by atoms with van der Waals surface area (Å²) < 4.78 is 0. The van der Waals surface area contributed by atoms with Crippen molar-refractivity contribution in [3.63, 3.8) is 0 Å². The SMILES string of the molecule is Cc1cccc2c1CC(C)C2(O)CCN. The highest BCUT2D eigenvalue weighted by Crippen LogP contribution is 2.44. The van der Waals surface area contributed by atoms with Gasteiger partial charge in [-0.3, -0.25) is 0 Å². The van der Waals surface area contributed by atoms with Crippen molar-refractivity contribution in [3.05, 3.63) is 34.9 Å². The first-order valence-electron chi connectivity index (χ1n) is 5.61. The molecule has 2 atom stereocenters. The van der Waals surface area contributed by atoms with Gasteiger partial charge in [0.05, 0.1) is 5.60 Å². The van der Waals surface area contributed by atoms with Crippen LogP contribution in [0.5, 0.6) is 0 Å². The smallest absolute Gasteiger partial charge is 0.0939 e. The molecule has 1 aromatic carbocycles. The maximum absolute atomic E-state index is 10.7. The van der Waals surface area contributed by atoms with Crippen LogP contribution in [0.2, 0.25) is 0 Å². The minimum atomic E-state index is -0.698. The first kappa shape index (κ1) is 10.7. The third kappa shape index (κ3) is 1.48. The normalized spacial score (nSPS) is 29.2. The molecule has 0 bridgehead atoms. The molecule has 0 amide bonds. The average molecular weight is 205 g/mol. The summed E-state index contributed by atoms with van der Waals surface area (Å²) in [5.74, 6) is 0.275. The molecule has 1 aliphatic carbocycles. The fourth-order valence-corrected chi connectivity index (χ4v) is 2.72. The van der Waals surface area contributed by atoms with Crippen LogP contribution in [0.15, 0.2) is 18.2 Å². The molecule has 2 unspecified atom stereocenters. The van der Waals surface area contributed by atoms with Crippen LogP contribution in [0.25, 0.3) is 0 Å². The van der Waals surface area contributed by atoms with E-state index < -0.39 is 5.60 Å². The predicted molar refractivity (Wildman–Crippen MR) is 61.6 cm³/mol. The number of nitrogens with two attached hydrogens (primary N) is 1. The average Bonchev–Trinajstić information content (AvgIpc) is 2.44. The van der Waals surface area contributed by atoms with Crippen molar-refractivity contribution in [3.8, 4) is 0 Å². The van der Waals surface area contributed by atoms with Crippen molar-refractivity contribution < 1.29 is 5.11 Å². The van der Waals surface area contributed by atoms with E-state index in [1.165, 1.54) is 11.1 Å². The zero-order chi connectivity index (χ0) is 11.1. The first-order chi connectivity index (χ1) is 7.09. The Kier molecular flexibility index (Phi) is 2.57. The van der Waals surface area contributed by atoms with E-state index >= 15 is 0 Å². The number of hydrogen-bond acceptors (Lipinski definition) is 2. The van der Waals surface area contributed by atoms with Crippen molar-refractivity contribution >= 4 is 0 Å². The Hall–Kier alpha value is -0.860. The van der Waals surface area contributed by atoms with Crippen LogP contribution in [0, 0.1) is 12.8 Å². The second kappa shape index (κ2) is 3.62. The molecule has 0 aromatic heterocycles. The van der Waals surface area contributed by atoms with Crippen LogP contribution in [0.4, 0.5) is 0 Å². The van der Waals surface area contributed by atoms with E-state index in [9.17, 15) is 5.11 Å². The van der Waals surface area contributed by atoms with Crippen molar-refractivity contribution in [2.24, 2.45) is 11.7 Å². The summed E-state index contributed by atoms with van der Waals surface area (Å²) in [6.45, 7) is 4.75. The third-order valence-electron chi connectivity index (χ3n) is 3.73. The van der Waals surface area contributed by atoms with E-state index in [0.29, 0.717) is 13.0 Å². The van der Waals surface area contributed by atoms with Gasteiger partial charge in [-0.1, -0.05) is 25.1 Å². The zero-order valence-electron chi connectivity index (χ0n) is 9.46. The molecule has 2 rings (SSSR count). The quantitative estimate of drug-likeness (QED) is 0.772. The maximum atomic E-state index is 10.7. The second-order valence-corrected chi connectivity index (χ2v) is 4.67. The molecular formula is C13H19NO. The molecule has 0 aliphatic heterocycles. The van der Waals surface area contributed by atoms with Gasteiger partial charge in [0.1, 0.15) is 0 Å². The molecule has 2 nitrogen and oxygen atoms in total. The van der Waals surface area contributed by atoms with Crippen LogP contribution >= 0.6 is 0 Å². The molecule has 0 fully saturated rings. The first-order valence-corrected chi connectivity index (χ1v) is 5.61. The number of fused-ring (bicyclic) bond motifs is 1. The fraction of sp³-hybridized carbons (Fsp3) is 0.538. The molecular weight excluding hydrogens is 186 g/mol. The lowest BCUT2D eigenvalue weighted by atomic mass is 9.85. The molecule has 0 radical (unpaired) electrons. The van der Waals surface area contributed by atoms with E-state index in [1.54, 1.807) is 0 Å². The van der Waals surface area contributed by atoms with Gasteiger partial charge in [0.2, 0.25) is 0 Å². The van der Waals surface area contributed by atoms with E-state index in [0.717, 1.165) is 12.0 Å². The molecule has 0 saturated heterocycles. The summed E-state index contributed by atoms with van der Waals surface area (Å²) >= 11 is 0. The number of aryl methyl sites for hydroxylation is 1. The monoisotopic (exact) mass is 205 g/mol. The van der Waals surface area contributed by atoms with Gasteiger partial charge in [-0.25, -0.2) is 0 Å². The highest BCUT2D eigenvalue weighted by atomic mass is 16.3. The number of aliphatic hydroxyl groups is 1. The predicted octanol–water partition coefficient (Wildman–Crippen LogP) is 1.72. The summed E-state index contributed by atoms with van der Waals surface area (Å²) in [6.07, 6.45) is 1.63. The lowest BCUT2D eigenvalue weighted by Gasteiger charge is -2.28. The van der Waals surface area contributed by atoms with Gasteiger partial charge in [-0.05, 0) is 48.9 Å².